The van der Waals surface area contributed by atoms with E-state index < -0.39 is 17.0 Å². The van der Waals surface area contributed by atoms with Gasteiger partial charge < -0.3 is 9.47 Å². The van der Waals surface area contributed by atoms with E-state index in [0.717, 1.165) is 16.7 Å². The van der Waals surface area contributed by atoms with Gasteiger partial charge in [-0.05, 0) is 64.5 Å². The van der Waals surface area contributed by atoms with E-state index in [1.807, 2.05) is 6.92 Å². The molecule has 0 bridgehead atoms. The van der Waals surface area contributed by atoms with Crippen LogP contribution in [0.5, 0.6) is 11.5 Å². The molecular weight excluding hydrogens is 473 g/mol. The lowest BCUT2D eigenvalue weighted by molar-refractivity contribution is -0.123. The van der Waals surface area contributed by atoms with Gasteiger partial charge in [0.2, 0.25) is 0 Å². The third kappa shape index (κ3) is 4.86. The van der Waals surface area contributed by atoms with E-state index in [1.54, 1.807) is 36.4 Å². The maximum atomic E-state index is 13.9. The summed E-state index contributed by atoms with van der Waals surface area (Å²) in [4.78, 5) is 26.3. The fourth-order valence-corrected chi connectivity index (χ4v) is 4.19. The van der Waals surface area contributed by atoms with Crippen molar-refractivity contribution in [2.75, 3.05) is 13.2 Å². The molecule has 0 aromatic heterocycles. The van der Waals surface area contributed by atoms with E-state index in [9.17, 15) is 14.0 Å². The zero-order valence-corrected chi connectivity index (χ0v) is 18.4. The van der Waals surface area contributed by atoms with Crippen molar-refractivity contribution in [3.8, 4) is 23.8 Å². The second-order valence-corrected chi connectivity index (χ2v) is 7.96. The summed E-state index contributed by atoms with van der Waals surface area (Å²) in [6.07, 6.45) is 6.84. The Labute approximate surface area is 186 Å². The largest absolute Gasteiger partial charge is 0.490 e. The maximum absolute atomic E-state index is 13.9. The van der Waals surface area contributed by atoms with Gasteiger partial charge in [0.1, 0.15) is 12.4 Å². The van der Waals surface area contributed by atoms with Gasteiger partial charge in [-0.25, -0.2) is 4.39 Å². The quantitative estimate of drug-likeness (QED) is 0.393. The molecule has 1 saturated heterocycles. The van der Waals surface area contributed by atoms with E-state index in [0.29, 0.717) is 28.1 Å². The Bertz CT molecular complexity index is 1060. The smallest absolute Gasteiger partial charge is 0.293 e. The molecule has 0 radical (unpaired) electrons. The molecule has 1 fully saturated rings. The average molecular weight is 490 g/mol. The zero-order valence-electron chi connectivity index (χ0n) is 16.0. The van der Waals surface area contributed by atoms with Gasteiger partial charge in [-0.3, -0.25) is 14.5 Å². The Morgan fingerprint density at radius 2 is 2.03 bits per heavy atom. The first-order valence-corrected chi connectivity index (χ1v) is 10.6. The summed E-state index contributed by atoms with van der Waals surface area (Å²) < 4.78 is 25.7. The Hall–Kier alpha value is -2.76. The van der Waals surface area contributed by atoms with Crippen molar-refractivity contribution < 1.29 is 23.5 Å². The van der Waals surface area contributed by atoms with Crippen molar-refractivity contribution in [1.29, 1.82) is 0 Å². The predicted molar refractivity (Wildman–Crippen MR) is 118 cm³/mol. The monoisotopic (exact) mass is 489 g/mol. The SMILES string of the molecule is C#CCOc1c(Br)cc(/C=C2\SC(=O)N(Cc3ccccc3F)C2=O)cc1OCC. The molecule has 2 aromatic carbocycles. The molecule has 1 heterocycles. The predicted octanol–water partition coefficient (Wildman–Crippen LogP) is 5.24. The summed E-state index contributed by atoms with van der Waals surface area (Å²) in [7, 11) is 0. The van der Waals surface area contributed by atoms with Crippen LogP contribution in [-0.4, -0.2) is 29.3 Å². The highest BCUT2D eigenvalue weighted by Crippen LogP contribution is 2.39. The molecule has 154 valence electrons. The molecule has 1 aliphatic rings. The number of imide groups is 1. The van der Waals surface area contributed by atoms with E-state index in [2.05, 4.69) is 21.9 Å². The van der Waals surface area contributed by atoms with Crippen molar-refractivity contribution in [1.82, 2.24) is 4.90 Å². The molecule has 0 spiro atoms. The zero-order chi connectivity index (χ0) is 21.7. The van der Waals surface area contributed by atoms with Crippen molar-refractivity contribution in [3.63, 3.8) is 0 Å². The van der Waals surface area contributed by atoms with Gasteiger partial charge in [-0.2, -0.15) is 0 Å². The summed E-state index contributed by atoms with van der Waals surface area (Å²) in [6.45, 7) is 2.19. The van der Waals surface area contributed by atoms with Gasteiger partial charge in [-0.1, -0.05) is 24.1 Å². The molecule has 3 rings (SSSR count). The third-order valence-corrected chi connectivity index (χ3v) is 5.59. The second-order valence-electron chi connectivity index (χ2n) is 6.12. The molecule has 0 saturated carbocycles. The molecule has 5 nitrogen and oxygen atoms in total. The first-order valence-electron chi connectivity index (χ1n) is 8.96. The molecule has 0 aliphatic carbocycles. The topological polar surface area (TPSA) is 55.8 Å². The first kappa shape index (κ1) is 21.9. The number of carbonyl (C=O) groups is 2. The van der Waals surface area contributed by atoms with Crippen LogP contribution in [0.15, 0.2) is 45.8 Å². The highest BCUT2D eigenvalue weighted by atomic mass is 79.9. The standard InChI is InChI=1S/C22H17BrFNO4S/c1-3-9-29-20-16(23)10-14(11-18(20)28-4-2)12-19-21(26)25(22(27)30-19)13-15-7-5-6-8-17(15)24/h1,5-8,10-12H,4,9,13H2,2H3/b19-12-. The molecule has 2 amide bonds. The van der Waals surface area contributed by atoms with Gasteiger partial charge >= 0.3 is 0 Å². The molecule has 0 N–H and O–H groups in total. The molecule has 8 heteroatoms. The number of ether oxygens (including phenoxy) is 2. The summed E-state index contributed by atoms with van der Waals surface area (Å²) in [6, 6.07) is 9.48. The molecule has 30 heavy (non-hydrogen) atoms. The first-order chi connectivity index (χ1) is 14.4. The summed E-state index contributed by atoms with van der Waals surface area (Å²) >= 11 is 4.23. The summed E-state index contributed by atoms with van der Waals surface area (Å²) in [5.74, 6) is 2.37. The fraction of sp³-hybridized carbons (Fsp3) is 0.182. The average Bonchev–Trinajstić information content (AvgIpc) is 2.96. The van der Waals surface area contributed by atoms with Gasteiger partial charge in [0, 0.05) is 5.56 Å². The number of hydrogen-bond donors (Lipinski definition) is 0. The Balaban J connectivity index is 1.88. The number of carbonyl (C=O) groups excluding carboxylic acids is 2. The number of thioether (sulfide) groups is 1. The van der Waals surface area contributed by atoms with Crippen LogP contribution >= 0.6 is 27.7 Å². The molecular formula is C22H17BrFNO4S. The molecule has 2 aromatic rings. The number of terminal acetylenes is 1. The third-order valence-electron chi connectivity index (χ3n) is 4.09. The van der Waals surface area contributed by atoms with Gasteiger partial charge in [0.25, 0.3) is 11.1 Å². The number of nitrogens with zero attached hydrogens (tertiary/aromatic N) is 1. The lowest BCUT2D eigenvalue weighted by Crippen LogP contribution is -2.27. The normalized spacial score (nSPS) is 14.9. The minimum Gasteiger partial charge on any atom is -0.490 e. The summed E-state index contributed by atoms with van der Waals surface area (Å²) in [5, 5.41) is -0.451. The van der Waals surface area contributed by atoms with Crippen LogP contribution in [0.2, 0.25) is 0 Å². The number of halogens is 2. The number of benzene rings is 2. The van der Waals surface area contributed by atoms with Crippen LogP contribution in [0.3, 0.4) is 0 Å². The minimum atomic E-state index is -0.477. The maximum Gasteiger partial charge on any atom is 0.293 e. The molecule has 1 aliphatic heterocycles. The Kier molecular flexibility index (Phi) is 7.19. The van der Waals surface area contributed by atoms with Gasteiger partial charge in [0.15, 0.2) is 11.5 Å². The van der Waals surface area contributed by atoms with E-state index >= 15 is 0 Å². The van der Waals surface area contributed by atoms with E-state index in [1.165, 1.54) is 6.07 Å². The second kappa shape index (κ2) is 9.83. The minimum absolute atomic E-state index is 0.0763. The Morgan fingerprint density at radius 3 is 2.73 bits per heavy atom. The highest BCUT2D eigenvalue weighted by Gasteiger charge is 2.35. The molecule has 0 atom stereocenters. The Morgan fingerprint density at radius 1 is 1.27 bits per heavy atom. The highest BCUT2D eigenvalue weighted by molar-refractivity contribution is 9.10. The van der Waals surface area contributed by atoms with Crippen LogP contribution < -0.4 is 9.47 Å². The number of hydrogen-bond acceptors (Lipinski definition) is 5. The lowest BCUT2D eigenvalue weighted by atomic mass is 10.1. The van der Waals surface area contributed by atoms with Crippen molar-refractivity contribution in [2.24, 2.45) is 0 Å². The van der Waals surface area contributed by atoms with Crippen LogP contribution in [-0.2, 0) is 11.3 Å². The van der Waals surface area contributed by atoms with Gasteiger partial charge in [-0.15, -0.1) is 6.42 Å². The fourth-order valence-electron chi connectivity index (χ4n) is 2.77. The summed E-state index contributed by atoms with van der Waals surface area (Å²) in [5.41, 5.74) is 0.909. The van der Waals surface area contributed by atoms with Crippen molar-refractivity contribution in [2.45, 2.75) is 13.5 Å². The van der Waals surface area contributed by atoms with Crippen LogP contribution in [0.1, 0.15) is 18.1 Å². The van der Waals surface area contributed by atoms with Gasteiger partial charge in [0.05, 0.1) is 22.5 Å². The lowest BCUT2D eigenvalue weighted by Gasteiger charge is -2.14. The number of amides is 2. The van der Waals surface area contributed by atoms with Crippen LogP contribution in [0, 0.1) is 18.2 Å². The van der Waals surface area contributed by atoms with E-state index in [4.69, 9.17) is 15.9 Å². The van der Waals surface area contributed by atoms with E-state index in [-0.39, 0.29) is 23.6 Å². The van der Waals surface area contributed by atoms with Crippen LogP contribution in [0.25, 0.3) is 6.08 Å². The van der Waals surface area contributed by atoms with Crippen LogP contribution in [0.4, 0.5) is 9.18 Å². The van der Waals surface area contributed by atoms with Crippen molar-refractivity contribution >= 4 is 44.9 Å². The molecule has 0 unspecified atom stereocenters. The van der Waals surface area contributed by atoms with Crippen molar-refractivity contribution in [3.05, 3.63) is 62.7 Å². The number of rotatable bonds is 7.